The number of nitrogens with zero attached hydrogens (tertiary/aromatic N) is 6. The van der Waals surface area contributed by atoms with Gasteiger partial charge in [0.25, 0.3) is 0 Å². The van der Waals surface area contributed by atoms with E-state index in [0.717, 1.165) is 0 Å². The minimum absolute atomic E-state index is 0.111. The second kappa shape index (κ2) is 5.41. The van der Waals surface area contributed by atoms with Crippen molar-refractivity contribution in [1.29, 1.82) is 0 Å². The molecule has 0 amide bonds. The molecule has 0 rings (SSSR count). The third kappa shape index (κ3) is 5.08. The molecule has 0 aliphatic rings. The number of hydrogen-bond acceptors (Lipinski definition) is 2. The first-order valence-electron chi connectivity index (χ1n) is 3.29. The highest BCUT2D eigenvalue weighted by Crippen LogP contribution is 2.04. The van der Waals surface area contributed by atoms with E-state index in [-0.39, 0.29) is 12.1 Å². The minimum Gasteiger partial charge on any atom is -0.0909 e. The molecular weight excluding hydrogens is 144 g/mol. The van der Waals surface area contributed by atoms with Crippen LogP contribution in [0.15, 0.2) is 10.2 Å². The highest BCUT2D eigenvalue weighted by atomic mass is 15.2. The Morgan fingerprint density at radius 1 is 1.09 bits per heavy atom. The molecular formula is C5H10N6. The largest absolute Gasteiger partial charge is 0.0909 e. The maximum absolute atomic E-state index is 8.03. The van der Waals surface area contributed by atoms with Crippen molar-refractivity contribution in [3.05, 3.63) is 20.9 Å². The predicted molar refractivity (Wildman–Crippen MR) is 41.8 cm³/mol. The standard InChI is InChI=1S/C5H10N6/c1-4(8-10-6)3-5(2)9-11-7/h4-5H,3H2,1-2H3/t4-,5-/m1/s1. The van der Waals surface area contributed by atoms with Gasteiger partial charge in [0.1, 0.15) is 0 Å². The van der Waals surface area contributed by atoms with E-state index in [1.54, 1.807) is 13.8 Å². The van der Waals surface area contributed by atoms with Crippen LogP contribution in [0.2, 0.25) is 0 Å². The highest BCUT2D eigenvalue weighted by molar-refractivity contribution is 4.69. The van der Waals surface area contributed by atoms with Gasteiger partial charge in [0, 0.05) is 21.9 Å². The van der Waals surface area contributed by atoms with E-state index in [4.69, 9.17) is 11.1 Å². The number of rotatable bonds is 4. The molecule has 0 fully saturated rings. The van der Waals surface area contributed by atoms with Crippen molar-refractivity contribution >= 4 is 0 Å². The molecule has 0 aromatic rings. The lowest BCUT2D eigenvalue weighted by Gasteiger charge is -2.05. The topological polar surface area (TPSA) is 97.5 Å². The molecule has 11 heavy (non-hydrogen) atoms. The average molecular weight is 154 g/mol. The van der Waals surface area contributed by atoms with Crippen LogP contribution in [0.3, 0.4) is 0 Å². The van der Waals surface area contributed by atoms with Gasteiger partial charge >= 0.3 is 0 Å². The third-order valence-corrected chi connectivity index (χ3v) is 1.18. The van der Waals surface area contributed by atoms with Gasteiger partial charge in [0.2, 0.25) is 0 Å². The summed E-state index contributed by atoms with van der Waals surface area (Å²) in [5, 5.41) is 6.89. The molecule has 0 bridgehead atoms. The van der Waals surface area contributed by atoms with Gasteiger partial charge in [0.15, 0.2) is 0 Å². The van der Waals surface area contributed by atoms with Crippen LogP contribution < -0.4 is 0 Å². The predicted octanol–water partition coefficient (Wildman–Crippen LogP) is 2.77. The van der Waals surface area contributed by atoms with Crippen molar-refractivity contribution < 1.29 is 0 Å². The van der Waals surface area contributed by atoms with Crippen LogP contribution in [0.1, 0.15) is 20.3 Å². The molecule has 0 spiro atoms. The summed E-state index contributed by atoms with van der Waals surface area (Å²) >= 11 is 0. The molecule has 6 heteroatoms. The summed E-state index contributed by atoms with van der Waals surface area (Å²) in [7, 11) is 0. The fraction of sp³-hybridized carbons (Fsp3) is 1.00. The van der Waals surface area contributed by atoms with Gasteiger partial charge in [-0.2, -0.15) is 0 Å². The van der Waals surface area contributed by atoms with Crippen molar-refractivity contribution in [1.82, 2.24) is 0 Å². The van der Waals surface area contributed by atoms with Gasteiger partial charge in [-0.1, -0.05) is 24.1 Å². The summed E-state index contributed by atoms with van der Waals surface area (Å²) in [6.45, 7) is 3.56. The molecule has 0 heterocycles. The summed E-state index contributed by atoms with van der Waals surface area (Å²) in [4.78, 5) is 5.28. The van der Waals surface area contributed by atoms with E-state index >= 15 is 0 Å². The lowest BCUT2D eigenvalue weighted by Crippen LogP contribution is -2.06. The molecule has 0 N–H and O–H groups in total. The van der Waals surface area contributed by atoms with E-state index < -0.39 is 0 Å². The summed E-state index contributed by atoms with van der Waals surface area (Å²) in [6.07, 6.45) is 0.591. The van der Waals surface area contributed by atoms with Crippen LogP contribution in [0.25, 0.3) is 20.9 Å². The smallest absolute Gasteiger partial charge is 0.0349 e. The van der Waals surface area contributed by atoms with E-state index in [1.807, 2.05) is 0 Å². The van der Waals surface area contributed by atoms with E-state index in [0.29, 0.717) is 6.42 Å². The average Bonchev–Trinajstić information content (AvgIpc) is 1.87. The quantitative estimate of drug-likeness (QED) is 0.338. The fourth-order valence-corrected chi connectivity index (χ4v) is 0.764. The highest BCUT2D eigenvalue weighted by Gasteiger charge is 2.03. The molecule has 0 radical (unpaired) electrons. The Morgan fingerprint density at radius 3 is 1.73 bits per heavy atom. The third-order valence-electron chi connectivity index (χ3n) is 1.18. The van der Waals surface area contributed by atoms with Crippen LogP contribution in [0, 0.1) is 0 Å². The molecule has 0 aromatic carbocycles. The molecule has 0 saturated heterocycles. The fourth-order valence-electron chi connectivity index (χ4n) is 0.764. The van der Waals surface area contributed by atoms with Crippen molar-refractivity contribution in [2.24, 2.45) is 10.2 Å². The van der Waals surface area contributed by atoms with Crippen LogP contribution >= 0.6 is 0 Å². The van der Waals surface area contributed by atoms with E-state index in [9.17, 15) is 0 Å². The lowest BCUT2D eigenvalue weighted by molar-refractivity contribution is 0.575. The van der Waals surface area contributed by atoms with E-state index in [2.05, 4.69) is 20.1 Å². The number of azide groups is 2. The van der Waals surface area contributed by atoms with Crippen molar-refractivity contribution in [3.63, 3.8) is 0 Å². The normalized spacial score (nSPS) is 14.0. The summed E-state index contributed by atoms with van der Waals surface area (Å²) in [6, 6.07) is -0.221. The first kappa shape index (κ1) is 9.62. The van der Waals surface area contributed by atoms with Gasteiger partial charge in [-0.15, -0.1) is 0 Å². The Labute approximate surface area is 64.5 Å². The van der Waals surface area contributed by atoms with Gasteiger partial charge in [-0.3, -0.25) is 0 Å². The van der Waals surface area contributed by atoms with Gasteiger partial charge < -0.3 is 0 Å². The zero-order valence-corrected chi connectivity index (χ0v) is 6.55. The Morgan fingerprint density at radius 2 is 1.45 bits per heavy atom. The summed E-state index contributed by atoms with van der Waals surface area (Å²) in [5.41, 5.74) is 16.1. The van der Waals surface area contributed by atoms with Crippen LogP contribution in [0.5, 0.6) is 0 Å². The SMILES string of the molecule is C[C@H](C[C@@H](C)N=[N+]=[N-])N=[N+]=[N-]. The second-order valence-electron chi connectivity index (χ2n) is 2.34. The molecule has 6 nitrogen and oxygen atoms in total. The van der Waals surface area contributed by atoms with Crippen molar-refractivity contribution in [2.45, 2.75) is 32.4 Å². The molecule has 0 aliphatic heterocycles. The Kier molecular flexibility index (Phi) is 4.73. The van der Waals surface area contributed by atoms with Crippen LogP contribution in [-0.2, 0) is 0 Å². The second-order valence-corrected chi connectivity index (χ2v) is 2.34. The van der Waals surface area contributed by atoms with Crippen molar-refractivity contribution in [2.75, 3.05) is 0 Å². The maximum atomic E-state index is 8.03. The Bertz CT molecular complexity index is 177. The Balaban J connectivity index is 3.83. The lowest BCUT2D eigenvalue weighted by atomic mass is 10.1. The van der Waals surface area contributed by atoms with Crippen LogP contribution in [-0.4, -0.2) is 12.1 Å². The Hall–Kier alpha value is -1.38. The van der Waals surface area contributed by atoms with Gasteiger partial charge in [-0.05, 0) is 17.5 Å². The first-order valence-corrected chi connectivity index (χ1v) is 3.29. The zero-order valence-electron chi connectivity index (χ0n) is 6.55. The molecule has 2 atom stereocenters. The molecule has 0 unspecified atom stereocenters. The zero-order chi connectivity index (χ0) is 8.69. The van der Waals surface area contributed by atoms with E-state index in [1.165, 1.54) is 0 Å². The van der Waals surface area contributed by atoms with Gasteiger partial charge in [-0.25, -0.2) is 0 Å². The van der Waals surface area contributed by atoms with Crippen LogP contribution in [0.4, 0.5) is 0 Å². The van der Waals surface area contributed by atoms with Crippen molar-refractivity contribution in [3.8, 4) is 0 Å². The summed E-state index contributed by atoms with van der Waals surface area (Å²) in [5.74, 6) is 0. The maximum Gasteiger partial charge on any atom is 0.0349 e. The monoisotopic (exact) mass is 154 g/mol. The first-order chi connectivity index (χ1) is 5.20. The molecule has 0 saturated carbocycles. The molecule has 0 aliphatic carbocycles. The molecule has 60 valence electrons. The van der Waals surface area contributed by atoms with Gasteiger partial charge in [0.05, 0.1) is 0 Å². The molecule has 0 aromatic heterocycles. The summed E-state index contributed by atoms with van der Waals surface area (Å²) < 4.78 is 0. The minimum atomic E-state index is -0.111. The number of hydrogen-bond donors (Lipinski definition) is 0.